The van der Waals surface area contributed by atoms with Crippen LogP contribution in [-0.2, 0) is 16.0 Å². The molecule has 5 heteroatoms. The van der Waals surface area contributed by atoms with Crippen LogP contribution in [0.5, 0.6) is 11.5 Å². The molecule has 140 valence electrons. The van der Waals surface area contributed by atoms with Crippen LogP contribution >= 0.6 is 0 Å². The van der Waals surface area contributed by atoms with Crippen LogP contribution in [0.2, 0.25) is 0 Å². The van der Waals surface area contributed by atoms with Crippen LogP contribution in [0, 0.1) is 0 Å². The number of methoxy groups -OCH3 is 2. The van der Waals surface area contributed by atoms with Crippen LogP contribution in [0.4, 0.5) is 0 Å². The monoisotopic (exact) mass is 365 g/mol. The van der Waals surface area contributed by atoms with Crippen molar-refractivity contribution < 1.29 is 19.0 Å². The molecular formula is C22H23NO4. The molecule has 3 rings (SSSR count). The van der Waals surface area contributed by atoms with Gasteiger partial charge in [0.25, 0.3) is 0 Å². The Kier molecular flexibility index (Phi) is 5.60. The van der Waals surface area contributed by atoms with E-state index in [1.807, 2.05) is 42.5 Å². The second-order valence-corrected chi connectivity index (χ2v) is 6.61. The smallest absolute Gasteiger partial charge is 0.363 e. The predicted molar refractivity (Wildman–Crippen MR) is 105 cm³/mol. The normalized spacial score (nSPS) is 15.1. The number of aliphatic imine (C=N–C) groups is 1. The SMILES string of the molecule is COc1ccc(CC2=N/C(=C\c3cc(C(C)C)ccc3OC)C(=O)O2)cc1. The highest BCUT2D eigenvalue weighted by atomic mass is 16.6. The summed E-state index contributed by atoms with van der Waals surface area (Å²) in [4.78, 5) is 16.6. The number of rotatable bonds is 6. The van der Waals surface area contributed by atoms with Gasteiger partial charge >= 0.3 is 5.97 Å². The first-order chi connectivity index (χ1) is 13.0. The maximum Gasteiger partial charge on any atom is 0.363 e. The Morgan fingerprint density at radius 1 is 1.07 bits per heavy atom. The first-order valence-corrected chi connectivity index (χ1v) is 8.82. The maximum atomic E-state index is 12.2. The van der Waals surface area contributed by atoms with Crippen LogP contribution in [0.1, 0.15) is 36.5 Å². The van der Waals surface area contributed by atoms with Crippen molar-refractivity contribution in [1.82, 2.24) is 0 Å². The van der Waals surface area contributed by atoms with Gasteiger partial charge in [0.15, 0.2) is 5.70 Å². The number of carbonyl (C=O) groups is 1. The molecule has 0 fully saturated rings. The number of nitrogens with zero attached hydrogens (tertiary/aromatic N) is 1. The predicted octanol–water partition coefficient (Wildman–Crippen LogP) is 4.37. The molecule has 2 aromatic carbocycles. The van der Waals surface area contributed by atoms with Gasteiger partial charge in [0.05, 0.1) is 14.2 Å². The molecule has 0 atom stereocenters. The van der Waals surface area contributed by atoms with Crippen molar-refractivity contribution in [1.29, 1.82) is 0 Å². The molecule has 0 saturated carbocycles. The summed E-state index contributed by atoms with van der Waals surface area (Å²) in [6.07, 6.45) is 2.16. The Morgan fingerprint density at radius 2 is 1.81 bits per heavy atom. The summed E-state index contributed by atoms with van der Waals surface area (Å²) in [6.45, 7) is 4.24. The number of ether oxygens (including phenoxy) is 3. The van der Waals surface area contributed by atoms with Gasteiger partial charge in [-0.3, -0.25) is 0 Å². The molecule has 0 N–H and O–H groups in total. The van der Waals surface area contributed by atoms with E-state index in [0.717, 1.165) is 22.4 Å². The zero-order chi connectivity index (χ0) is 19.4. The van der Waals surface area contributed by atoms with Crippen molar-refractivity contribution >= 4 is 17.9 Å². The van der Waals surface area contributed by atoms with Gasteiger partial charge in [-0.2, -0.15) is 0 Å². The molecule has 0 aliphatic carbocycles. The first-order valence-electron chi connectivity index (χ1n) is 8.82. The second kappa shape index (κ2) is 8.08. The van der Waals surface area contributed by atoms with E-state index < -0.39 is 5.97 Å². The molecular weight excluding hydrogens is 342 g/mol. The third kappa shape index (κ3) is 4.37. The van der Waals surface area contributed by atoms with Crippen molar-refractivity contribution in [3.8, 4) is 11.5 Å². The Hall–Kier alpha value is -3.08. The number of benzene rings is 2. The molecule has 0 spiro atoms. The standard InChI is InChI=1S/C22H23NO4/c1-14(2)16-7-10-20(26-4)17(12-16)13-19-22(24)27-21(23-19)11-15-5-8-18(25-3)9-6-15/h5-10,12-14H,11H2,1-4H3/b19-13-. The summed E-state index contributed by atoms with van der Waals surface area (Å²) in [5, 5.41) is 0. The Morgan fingerprint density at radius 3 is 2.44 bits per heavy atom. The van der Waals surface area contributed by atoms with E-state index in [-0.39, 0.29) is 5.70 Å². The van der Waals surface area contributed by atoms with Gasteiger partial charge in [-0.25, -0.2) is 9.79 Å². The molecule has 0 aromatic heterocycles. The van der Waals surface area contributed by atoms with Gasteiger partial charge in [-0.1, -0.05) is 32.0 Å². The van der Waals surface area contributed by atoms with E-state index >= 15 is 0 Å². The highest BCUT2D eigenvalue weighted by Gasteiger charge is 2.23. The summed E-state index contributed by atoms with van der Waals surface area (Å²) in [6, 6.07) is 13.5. The molecule has 2 aromatic rings. The molecule has 5 nitrogen and oxygen atoms in total. The Balaban J connectivity index is 1.85. The second-order valence-electron chi connectivity index (χ2n) is 6.61. The third-order valence-corrected chi connectivity index (χ3v) is 4.39. The van der Waals surface area contributed by atoms with Crippen LogP contribution in [-0.4, -0.2) is 26.1 Å². The molecule has 0 bridgehead atoms. The summed E-state index contributed by atoms with van der Waals surface area (Å²) in [5.74, 6) is 1.78. The van der Waals surface area contributed by atoms with Gasteiger partial charge in [0.2, 0.25) is 5.90 Å². The summed E-state index contributed by atoms with van der Waals surface area (Å²) >= 11 is 0. The number of cyclic esters (lactones) is 1. The van der Waals surface area contributed by atoms with E-state index in [1.54, 1.807) is 20.3 Å². The molecule has 0 amide bonds. The van der Waals surface area contributed by atoms with Crippen molar-refractivity contribution in [2.75, 3.05) is 14.2 Å². The molecule has 0 radical (unpaired) electrons. The zero-order valence-electron chi connectivity index (χ0n) is 16.0. The Bertz CT molecular complexity index is 895. The summed E-state index contributed by atoms with van der Waals surface area (Å²) in [7, 11) is 3.23. The van der Waals surface area contributed by atoms with Crippen LogP contribution in [0.25, 0.3) is 6.08 Å². The lowest BCUT2D eigenvalue weighted by Crippen LogP contribution is -2.06. The lowest BCUT2D eigenvalue weighted by Gasteiger charge is -2.10. The molecule has 1 aliphatic rings. The maximum absolute atomic E-state index is 12.2. The quantitative estimate of drug-likeness (QED) is 0.563. The van der Waals surface area contributed by atoms with Crippen molar-refractivity contribution in [3.63, 3.8) is 0 Å². The fourth-order valence-corrected chi connectivity index (χ4v) is 2.82. The molecule has 0 unspecified atom stereocenters. The minimum absolute atomic E-state index is 0.276. The summed E-state index contributed by atoms with van der Waals surface area (Å²) < 4.78 is 15.9. The van der Waals surface area contributed by atoms with E-state index in [1.165, 1.54) is 0 Å². The van der Waals surface area contributed by atoms with Gasteiger partial charge in [0, 0.05) is 12.0 Å². The first kappa shape index (κ1) is 18.7. The number of hydrogen-bond acceptors (Lipinski definition) is 5. The van der Waals surface area contributed by atoms with Gasteiger partial charge in [-0.15, -0.1) is 0 Å². The van der Waals surface area contributed by atoms with Crippen molar-refractivity contribution in [3.05, 3.63) is 64.9 Å². The van der Waals surface area contributed by atoms with Crippen molar-refractivity contribution in [2.24, 2.45) is 4.99 Å². The summed E-state index contributed by atoms with van der Waals surface area (Å²) in [5.41, 5.74) is 3.24. The van der Waals surface area contributed by atoms with E-state index in [2.05, 4.69) is 18.8 Å². The van der Waals surface area contributed by atoms with E-state index in [9.17, 15) is 4.79 Å². The fraction of sp³-hybridized carbons (Fsp3) is 0.273. The molecule has 27 heavy (non-hydrogen) atoms. The average molecular weight is 365 g/mol. The minimum Gasteiger partial charge on any atom is -0.497 e. The minimum atomic E-state index is -0.449. The van der Waals surface area contributed by atoms with Crippen molar-refractivity contribution in [2.45, 2.75) is 26.2 Å². The molecule has 0 saturated heterocycles. The largest absolute Gasteiger partial charge is 0.497 e. The van der Waals surface area contributed by atoms with Crippen LogP contribution in [0.15, 0.2) is 53.2 Å². The number of hydrogen-bond donors (Lipinski definition) is 0. The number of carbonyl (C=O) groups excluding carboxylic acids is 1. The number of esters is 1. The highest BCUT2D eigenvalue weighted by Crippen LogP contribution is 2.28. The lowest BCUT2D eigenvalue weighted by atomic mass is 10.00. The fourth-order valence-electron chi connectivity index (χ4n) is 2.82. The Labute approximate surface area is 159 Å². The molecule has 1 aliphatic heterocycles. The van der Waals surface area contributed by atoms with E-state index in [4.69, 9.17) is 14.2 Å². The third-order valence-electron chi connectivity index (χ3n) is 4.39. The van der Waals surface area contributed by atoms with Crippen LogP contribution < -0.4 is 9.47 Å². The lowest BCUT2D eigenvalue weighted by molar-refractivity contribution is -0.130. The molecule has 1 heterocycles. The van der Waals surface area contributed by atoms with Gasteiger partial charge in [0.1, 0.15) is 11.5 Å². The van der Waals surface area contributed by atoms with Crippen LogP contribution in [0.3, 0.4) is 0 Å². The van der Waals surface area contributed by atoms with Gasteiger partial charge in [-0.05, 0) is 47.4 Å². The van der Waals surface area contributed by atoms with E-state index in [0.29, 0.717) is 24.0 Å². The average Bonchev–Trinajstić information content (AvgIpc) is 3.01. The topological polar surface area (TPSA) is 57.1 Å². The van der Waals surface area contributed by atoms with Gasteiger partial charge < -0.3 is 14.2 Å². The highest BCUT2D eigenvalue weighted by molar-refractivity contribution is 6.07. The zero-order valence-corrected chi connectivity index (χ0v) is 16.0.